The van der Waals surface area contributed by atoms with Crippen molar-refractivity contribution in [2.45, 2.75) is 39.2 Å². The Bertz CT molecular complexity index is 339. The molecule has 0 bridgehead atoms. The quantitative estimate of drug-likeness (QED) is 0.820. The summed E-state index contributed by atoms with van der Waals surface area (Å²) in [6, 6.07) is 4.12. The maximum atomic E-state index is 13.4. The zero-order valence-electron chi connectivity index (χ0n) is 9.84. The molecule has 0 saturated heterocycles. The minimum Gasteiger partial charge on any atom is -0.327 e. The van der Waals surface area contributed by atoms with Gasteiger partial charge in [-0.25, -0.2) is 8.78 Å². The Labute approximate surface area is 95.7 Å². The highest BCUT2D eigenvalue weighted by Crippen LogP contribution is 2.17. The fraction of sp³-hybridized carbons (Fsp3) is 0.538. The van der Waals surface area contributed by atoms with Crippen molar-refractivity contribution < 1.29 is 8.78 Å². The second kappa shape index (κ2) is 5.94. The van der Waals surface area contributed by atoms with Crippen LogP contribution in [-0.4, -0.2) is 6.04 Å². The average Bonchev–Trinajstić information content (AvgIpc) is 2.25. The second-order valence-corrected chi connectivity index (χ2v) is 4.35. The molecular formula is C13H19F2N. The number of rotatable bonds is 5. The van der Waals surface area contributed by atoms with Crippen molar-refractivity contribution in [2.75, 3.05) is 0 Å². The van der Waals surface area contributed by atoms with Crippen LogP contribution in [0.3, 0.4) is 0 Å². The van der Waals surface area contributed by atoms with E-state index in [2.05, 4.69) is 6.92 Å². The molecule has 0 aromatic heterocycles. The van der Waals surface area contributed by atoms with Gasteiger partial charge in [0, 0.05) is 6.04 Å². The van der Waals surface area contributed by atoms with E-state index in [0.29, 0.717) is 17.9 Å². The van der Waals surface area contributed by atoms with Gasteiger partial charge in [-0.3, -0.25) is 0 Å². The summed E-state index contributed by atoms with van der Waals surface area (Å²) in [7, 11) is 0. The van der Waals surface area contributed by atoms with E-state index < -0.39 is 11.6 Å². The van der Waals surface area contributed by atoms with Crippen LogP contribution in [0.15, 0.2) is 18.2 Å². The maximum Gasteiger partial charge on any atom is 0.162 e. The van der Waals surface area contributed by atoms with Gasteiger partial charge in [0.05, 0.1) is 0 Å². The molecule has 0 heterocycles. The predicted octanol–water partition coefficient (Wildman–Crippen LogP) is 3.27. The van der Waals surface area contributed by atoms with Gasteiger partial charge >= 0.3 is 0 Å². The van der Waals surface area contributed by atoms with E-state index >= 15 is 0 Å². The Morgan fingerprint density at radius 2 is 2.00 bits per heavy atom. The van der Waals surface area contributed by atoms with E-state index in [1.165, 1.54) is 6.07 Å². The molecule has 1 rings (SSSR count). The molecule has 1 aromatic rings. The maximum absolute atomic E-state index is 13.4. The Morgan fingerprint density at radius 3 is 2.62 bits per heavy atom. The van der Waals surface area contributed by atoms with Crippen molar-refractivity contribution in [1.82, 2.24) is 0 Å². The highest BCUT2D eigenvalue weighted by Gasteiger charge is 2.16. The second-order valence-electron chi connectivity index (χ2n) is 4.35. The molecule has 0 aliphatic heterocycles. The fourth-order valence-corrected chi connectivity index (χ4v) is 1.83. The van der Waals surface area contributed by atoms with Gasteiger partial charge in [-0.05, 0) is 30.4 Å². The van der Waals surface area contributed by atoms with Crippen LogP contribution in [0.2, 0.25) is 0 Å². The molecule has 0 spiro atoms. The smallest absolute Gasteiger partial charge is 0.162 e. The average molecular weight is 227 g/mol. The lowest BCUT2D eigenvalue weighted by Gasteiger charge is -2.19. The zero-order valence-corrected chi connectivity index (χ0v) is 9.84. The third-order valence-corrected chi connectivity index (χ3v) is 2.96. The Hall–Kier alpha value is -0.960. The van der Waals surface area contributed by atoms with Gasteiger partial charge < -0.3 is 5.73 Å². The number of hydrogen-bond acceptors (Lipinski definition) is 1. The van der Waals surface area contributed by atoms with Gasteiger partial charge in [0.25, 0.3) is 0 Å². The molecule has 2 N–H and O–H groups in total. The van der Waals surface area contributed by atoms with E-state index in [0.717, 1.165) is 18.9 Å². The molecule has 3 heteroatoms. The predicted molar refractivity (Wildman–Crippen MR) is 62.1 cm³/mol. The van der Waals surface area contributed by atoms with Gasteiger partial charge in [0.15, 0.2) is 11.6 Å². The minimum absolute atomic E-state index is 0.115. The zero-order chi connectivity index (χ0) is 12.1. The van der Waals surface area contributed by atoms with Crippen LogP contribution >= 0.6 is 0 Å². The van der Waals surface area contributed by atoms with Crippen molar-refractivity contribution in [3.63, 3.8) is 0 Å². The highest BCUT2D eigenvalue weighted by atomic mass is 19.2. The van der Waals surface area contributed by atoms with Crippen molar-refractivity contribution in [3.05, 3.63) is 35.4 Å². The largest absolute Gasteiger partial charge is 0.327 e. The summed E-state index contributed by atoms with van der Waals surface area (Å²) >= 11 is 0. The van der Waals surface area contributed by atoms with Crippen LogP contribution in [0.25, 0.3) is 0 Å². The summed E-state index contributed by atoms with van der Waals surface area (Å²) in [5.41, 5.74) is 6.34. The summed E-state index contributed by atoms with van der Waals surface area (Å²) < 4.78 is 26.3. The van der Waals surface area contributed by atoms with Crippen LogP contribution in [0.1, 0.15) is 32.3 Å². The van der Waals surface area contributed by atoms with Crippen LogP contribution in [0.5, 0.6) is 0 Å². The molecule has 0 aliphatic rings. The first-order valence-corrected chi connectivity index (χ1v) is 5.74. The summed E-state index contributed by atoms with van der Waals surface area (Å²) in [5.74, 6) is -1.23. The van der Waals surface area contributed by atoms with Gasteiger partial charge in [0.1, 0.15) is 0 Å². The normalized spacial score (nSPS) is 14.8. The Morgan fingerprint density at radius 1 is 1.31 bits per heavy atom. The molecular weight excluding hydrogens is 208 g/mol. The summed E-state index contributed by atoms with van der Waals surface area (Å²) in [6.45, 7) is 4.14. The summed E-state index contributed by atoms with van der Waals surface area (Å²) in [5, 5.41) is 0. The number of hydrogen-bond donors (Lipinski definition) is 1. The molecule has 2 unspecified atom stereocenters. The first-order chi connectivity index (χ1) is 7.56. The van der Waals surface area contributed by atoms with Gasteiger partial charge in [-0.1, -0.05) is 32.4 Å². The molecule has 1 nitrogen and oxygen atoms in total. The molecule has 0 amide bonds. The SMILES string of the molecule is CCCC(C)C(N)Cc1cccc(F)c1F. The molecule has 90 valence electrons. The number of benzene rings is 1. The lowest BCUT2D eigenvalue weighted by atomic mass is 9.92. The van der Waals surface area contributed by atoms with Crippen molar-refractivity contribution in [2.24, 2.45) is 11.7 Å². The van der Waals surface area contributed by atoms with E-state index in [9.17, 15) is 8.78 Å². The van der Waals surface area contributed by atoms with Crippen LogP contribution in [0, 0.1) is 17.6 Å². The minimum atomic E-state index is -0.798. The molecule has 16 heavy (non-hydrogen) atoms. The molecule has 0 radical (unpaired) electrons. The van der Waals surface area contributed by atoms with Crippen molar-refractivity contribution in [3.8, 4) is 0 Å². The third kappa shape index (κ3) is 3.27. The van der Waals surface area contributed by atoms with Crippen LogP contribution < -0.4 is 5.73 Å². The van der Waals surface area contributed by atoms with E-state index in [-0.39, 0.29) is 6.04 Å². The van der Waals surface area contributed by atoms with Gasteiger partial charge in [0.2, 0.25) is 0 Å². The Kier molecular flexibility index (Phi) is 4.87. The van der Waals surface area contributed by atoms with E-state index in [4.69, 9.17) is 5.73 Å². The molecule has 0 fully saturated rings. The van der Waals surface area contributed by atoms with Crippen LogP contribution in [-0.2, 0) is 6.42 Å². The van der Waals surface area contributed by atoms with Gasteiger partial charge in [-0.15, -0.1) is 0 Å². The molecule has 0 saturated carbocycles. The third-order valence-electron chi connectivity index (χ3n) is 2.96. The van der Waals surface area contributed by atoms with Crippen molar-refractivity contribution in [1.29, 1.82) is 0 Å². The summed E-state index contributed by atoms with van der Waals surface area (Å²) in [4.78, 5) is 0. The first-order valence-electron chi connectivity index (χ1n) is 5.74. The Balaban J connectivity index is 2.69. The molecule has 1 aromatic carbocycles. The molecule has 2 atom stereocenters. The van der Waals surface area contributed by atoms with Gasteiger partial charge in [-0.2, -0.15) is 0 Å². The van der Waals surface area contributed by atoms with E-state index in [1.807, 2.05) is 6.92 Å². The van der Waals surface area contributed by atoms with E-state index in [1.54, 1.807) is 6.07 Å². The monoisotopic (exact) mass is 227 g/mol. The molecule has 0 aliphatic carbocycles. The fourth-order valence-electron chi connectivity index (χ4n) is 1.83. The standard InChI is InChI=1S/C13H19F2N/c1-3-5-9(2)12(16)8-10-6-4-7-11(14)13(10)15/h4,6-7,9,12H,3,5,8,16H2,1-2H3. The topological polar surface area (TPSA) is 26.0 Å². The lowest BCUT2D eigenvalue weighted by molar-refractivity contribution is 0.410. The lowest BCUT2D eigenvalue weighted by Crippen LogP contribution is -2.30. The first kappa shape index (κ1) is 13.1. The number of nitrogens with two attached hydrogens (primary N) is 1. The highest BCUT2D eigenvalue weighted by molar-refractivity contribution is 5.20. The number of halogens is 2. The van der Waals surface area contributed by atoms with Crippen molar-refractivity contribution >= 4 is 0 Å². The summed E-state index contributed by atoms with van der Waals surface area (Å²) in [6.07, 6.45) is 2.46. The van der Waals surface area contributed by atoms with Crippen LogP contribution in [0.4, 0.5) is 8.78 Å².